The second-order valence-electron chi connectivity index (χ2n) is 18.7. The number of carbonyl (C=O) groups excluding carboxylic acids is 1. The van der Waals surface area contributed by atoms with Gasteiger partial charge in [0.15, 0.2) is 12.6 Å². The van der Waals surface area contributed by atoms with E-state index in [1.54, 1.807) is 6.08 Å². The van der Waals surface area contributed by atoms with E-state index < -0.39 is 86.8 Å². The number of unbranched alkanes of at least 4 members (excludes halogenated alkanes) is 24. The van der Waals surface area contributed by atoms with Crippen molar-refractivity contribution in [3.05, 3.63) is 36.5 Å². The highest BCUT2D eigenvalue weighted by molar-refractivity contribution is 5.76. The number of nitrogens with one attached hydrogen (secondary N) is 1. The van der Waals surface area contributed by atoms with Crippen LogP contribution in [-0.2, 0) is 23.7 Å². The lowest BCUT2D eigenvalue weighted by atomic mass is 9.97. The summed E-state index contributed by atoms with van der Waals surface area (Å²) in [6.45, 7) is 2.53. The third-order valence-corrected chi connectivity index (χ3v) is 12.9. The fraction of sp³-hybridized carbons (Fsp3) is 0.865. The van der Waals surface area contributed by atoms with Crippen molar-refractivity contribution in [2.24, 2.45) is 0 Å². The van der Waals surface area contributed by atoms with Crippen molar-refractivity contribution >= 4 is 5.91 Å². The zero-order chi connectivity index (χ0) is 48.2. The SMILES string of the molecule is C/C=C/CC/C=C/CC/C=C/C(O)C(COC1OC(CO)C(OC2OC(CO)C(O)C(O)C2O)C(O)C1O)NC(=O)CCCCCCCCCCCCCCCCCCCCCCCCC. The fourth-order valence-corrected chi connectivity index (χ4v) is 8.62. The maximum absolute atomic E-state index is 13.1. The first-order valence-electron chi connectivity index (χ1n) is 26.2. The van der Waals surface area contributed by atoms with Gasteiger partial charge >= 0.3 is 0 Å². The van der Waals surface area contributed by atoms with Gasteiger partial charge in [-0.2, -0.15) is 0 Å². The van der Waals surface area contributed by atoms with Gasteiger partial charge in [-0.15, -0.1) is 0 Å². The summed E-state index contributed by atoms with van der Waals surface area (Å²) in [5.41, 5.74) is 0. The van der Waals surface area contributed by atoms with Crippen LogP contribution in [0.25, 0.3) is 0 Å². The van der Waals surface area contributed by atoms with Crippen molar-refractivity contribution < 1.29 is 64.6 Å². The number of aliphatic hydroxyl groups excluding tert-OH is 8. The molecule has 0 aromatic heterocycles. The molecule has 2 aliphatic rings. The molecule has 9 N–H and O–H groups in total. The first-order valence-corrected chi connectivity index (χ1v) is 26.2. The molecule has 12 unspecified atom stereocenters. The van der Waals surface area contributed by atoms with Crippen molar-refractivity contribution in [3.63, 3.8) is 0 Å². The predicted octanol–water partition coefficient (Wildman–Crippen LogP) is 7.10. The minimum Gasteiger partial charge on any atom is -0.394 e. The standard InChI is InChI=1S/C52H95NO13/c1-3-5-7-9-11-13-14-15-16-17-18-19-20-21-22-23-24-25-26-28-30-32-34-36-44(57)53-40(41(56)35-33-31-29-27-12-10-8-6-4-2)39-63-51-49(62)47(60)50(43(38-55)65-51)66-52-48(61)46(59)45(58)42(37-54)64-52/h4,6,12,27,33,35,40-43,45-52,54-56,58-62H,3,5,7-11,13-26,28-32,34,36-39H2,1-2H3,(H,53,57)/b6-4+,27-12+,35-33+. The van der Waals surface area contributed by atoms with Gasteiger partial charge in [0.05, 0.1) is 32.0 Å². The van der Waals surface area contributed by atoms with E-state index in [1.165, 1.54) is 122 Å². The van der Waals surface area contributed by atoms with Gasteiger partial charge in [-0.1, -0.05) is 185 Å². The highest BCUT2D eigenvalue weighted by Gasteiger charge is 2.51. The molecule has 386 valence electrons. The van der Waals surface area contributed by atoms with Crippen LogP contribution in [0.4, 0.5) is 0 Å². The topological polar surface area (TPSA) is 228 Å². The van der Waals surface area contributed by atoms with Crippen LogP contribution >= 0.6 is 0 Å². The molecular weight excluding hydrogens is 847 g/mol. The van der Waals surface area contributed by atoms with Gasteiger partial charge in [0.1, 0.15) is 48.8 Å². The summed E-state index contributed by atoms with van der Waals surface area (Å²) in [4.78, 5) is 13.1. The van der Waals surface area contributed by atoms with E-state index in [4.69, 9.17) is 18.9 Å². The van der Waals surface area contributed by atoms with Crippen LogP contribution in [0.2, 0.25) is 0 Å². The third kappa shape index (κ3) is 25.7. The number of hydrogen-bond donors (Lipinski definition) is 9. The Bertz CT molecular complexity index is 1250. The normalized spacial score (nSPS) is 27.1. The van der Waals surface area contributed by atoms with Crippen LogP contribution in [0.1, 0.15) is 194 Å². The Kier molecular flexibility index (Phi) is 35.6. The molecule has 14 nitrogen and oxygen atoms in total. The molecule has 0 aromatic carbocycles. The average molecular weight is 942 g/mol. The molecule has 0 saturated carbocycles. The quantitative estimate of drug-likeness (QED) is 0.0221. The zero-order valence-corrected chi connectivity index (χ0v) is 40.9. The molecule has 2 aliphatic heterocycles. The van der Waals surface area contributed by atoms with Crippen molar-refractivity contribution in [1.29, 1.82) is 0 Å². The van der Waals surface area contributed by atoms with Crippen LogP contribution in [0.5, 0.6) is 0 Å². The van der Waals surface area contributed by atoms with Crippen LogP contribution < -0.4 is 5.32 Å². The summed E-state index contributed by atoms with van der Waals surface area (Å²) < 4.78 is 22.6. The summed E-state index contributed by atoms with van der Waals surface area (Å²) in [7, 11) is 0. The number of allylic oxidation sites excluding steroid dienone is 5. The average Bonchev–Trinajstić information content (AvgIpc) is 3.31. The van der Waals surface area contributed by atoms with E-state index in [9.17, 15) is 45.6 Å². The minimum absolute atomic E-state index is 0.255. The number of ether oxygens (including phenoxy) is 4. The van der Waals surface area contributed by atoms with Crippen molar-refractivity contribution in [2.75, 3.05) is 19.8 Å². The first-order chi connectivity index (χ1) is 32.1. The molecule has 1 amide bonds. The second-order valence-corrected chi connectivity index (χ2v) is 18.7. The third-order valence-electron chi connectivity index (χ3n) is 12.9. The van der Waals surface area contributed by atoms with Gasteiger partial charge in [0.25, 0.3) is 0 Å². The number of carbonyl (C=O) groups is 1. The van der Waals surface area contributed by atoms with E-state index >= 15 is 0 Å². The van der Waals surface area contributed by atoms with Crippen molar-refractivity contribution in [2.45, 2.75) is 267 Å². The van der Waals surface area contributed by atoms with Crippen LogP contribution in [0, 0.1) is 0 Å². The largest absolute Gasteiger partial charge is 0.394 e. The minimum atomic E-state index is -1.79. The lowest BCUT2D eigenvalue weighted by molar-refractivity contribution is -0.359. The Hall–Kier alpha value is -1.79. The van der Waals surface area contributed by atoms with E-state index in [0.717, 1.165) is 38.5 Å². The lowest BCUT2D eigenvalue weighted by Gasteiger charge is -2.46. The van der Waals surface area contributed by atoms with Gasteiger partial charge < -0.3 is 65.1 Å². The highest BCUT2D eigenvalue weighted by atomic mass is 16.7. The molecule has 66 heavy (non-hydrogen) atoms. The predicted molar refractivity (Wildman–Crippen MR) is 258 cm³/mol. The molecule has 0 bridgehead atoms. The molecule has 2 fully saturated rings. The summed E-state index contributed by atoms with van der Waals surface area (Å²) in [5.74, 6) is -0.255. The lowest BCUT2D eigenvalue weighted by Crippen LogP contribution is -2.65. The van der Waals surface area contributed by atoms with Gasteiger partial charge in [-0.05, 0) is 39.0 Å². The molecule has 0 aliphatic carbocycles. The van der Waals surface area contributed by atoms with E-state index in [2.05, 4.69) is 30.5 Å². The van der Waals surface area contributed by atoms with E-state index in [0.29, 0.717) is 12.8 Å². The summed E-state index contributed by atoms with van der Waals surface area (Å²) in [6, 6.07) is -0.932. The van der Waals surface area contributed by atoms with Gasteiger partial charge in [-0.25, -0.2) is 0 Å². The summed E-state index contributed by atoms with van der Waals surface area (Å²) in [5, 5.41) is 86.5. The maximum atomic E-state index is 13.1. The van der Waals surface area contributed by atoms with Gasteiger partial charge in [-0.3, -0.25) is 4.79 Å². The van der Waals surface area contributed by atoms with Gasteiger partial charge in [0.2, 0.25) is 5.91 Å². The van der Waals surface area contributed by atoms with E-state index in [1.807, 2.05) is 19.1 Å². The zero-order valence-electron chi connectivity index (χ0n) is 40.9. The molecule has 2 rings (SSSR count). The number of aliphatic hydroxyl groups is 8. The van der Waals surface area contributed by atoms with Crippen LogP contribution in [0.3, 0.4) is 0 Å². The number of amides is 1. The van der Waals surface area contributed by atoms with E-state index in [-0.39, 0.29) is 18.9 Å². The molecule has 14 heteroatoms. The molecule has 12 atom stereocenters. The molecule has 2 saturated heterocycles. The number of rotatable bonds is 40. The fourth-order valence-electron chi connectivity index (χ4n) is 8.62. The Morgan fingerprint density at radius 1 is 0.561 bits per heavy atom. The van der Waals surface area contributed by atoms with Crippen LogP contribution in [-0.4, -0.2) is 140 Å². The summed E-state index contributed by atoms with van der Waals surface area (Å²) >= 11 is 0. The summed E-state index contributed by atoms with van der Waals surface area (Å²) in [6.07, 6.45) is 28.1. The monoisotopic (exact) mass is 942 g/mol. The highest BCUT2D eigenvalue weighted by Crippen LogP contribution is 2.30. The molecule has 2 heterocycles. The first kappa shape index (κ1) is 60.3. The Morgan fingerprint density at radius 3 is 1.48 bits per heavy atom. The smallest absolute Gasteiger partial charge is 0.220 e. The maximum Gasteiger partial charge on any atom is 0.220 e. The molecule has 0 aromatic rings. The molecule has 0 spiro atoms. The molecular formula is C52H95NO13. The Balaban J connectivity index is 1.73. The second kappa shape index (κ2) is 39.0. The Morgan fingerprint density at radius 2 is 1.00 bits per heavy atom. The van der Waals surface area contributed by atoms with Crippen molar-refractivity contribution in [1.82, 2.24) is 5.32 Å². The van der Waals surface area contributed by atoms with Gasteiger partial charge in [0, 0.05) is 6.42 Å². The number of hydrogen-bond acceptors (Lipinski definition) is 13. The van der Waals surface area contributed by atoms with Crippen LogP contribution in [0.15, 0.2) is 36.5 Å². The Labute approximate surface area is 398 Å². The molecule has 0 radical (unpaired) electrons. The van der Waals surface area contributed by atoms with Crippen molar-refractivity contribution in [3.8, 4) is 0 Å².